The number of urea groups is 1. The molecule has 24 heavy (non-hydrogen) atoms. The zero-order chi connectivity index (χ0) is 16.8. The first-order chi connectivity index (χ1) is 11.7. The second-order valence-corrected chi connectivity index (χ2v) is 6.25. The van der Waals surface area contributed by atoms with Crippen LogP contribution in [-0.4, -0.2) is 47.5 Å². The summed E-state index contributed by atoms with van der Waals surface area (Å²) in [5.41, 5.74) is 1.90. The van der Waals surface area contributed by atoms with E-state index in [2.05, 4.69) is 22.5 Å². The van der Waals surface area contributed by atoms with Gasteiger partial charge in [-0.05, 0) is 18.4 Å². The molecule has 2 aromatic rings. The van der Waals surface area contributed by atoms with Crippen molar-refractivity contribution in [1.29, 1.82) is 0 Å². The SMILES string of the molecule is COCC1CCCN(C(=O)Nc2cnn(Cc3ccccc3)c2)C1. The van der Waals surface area contributed by atoms with Gasteiger partial charge in [-0.3, -0.25) is 4.68 Å². The van der Waals surface area contributed by atoms with Gasteiger partial charge in [-0.25, -0.2) is 4.79 Å². The third-order valence-corrected chi connectivity index (χ3v) is 4.28. The first kappa shape index (κ1) is 16.5. The number of aromatic nitrogens is 2. The molecule has 1 atom stereocenters. The second-order valence-electron chi connectivity index (χ2n) is 6.25. The van der Waals surface area contributed by atoms with Gasteiger partial charge in [0.1, 0.15) is 0 Å². The largest absolute Gasteiger partial charge is 0.384 e. The summed E-state index contributed by atoms with van der Waals surface area (Å²) in [5, 5.41) is 7.26. The Morgan fingerprint density at radius 2 is 2.21 bits per heavy atom. The van der Waals surface area contributed by atoms with Crippen LogP contribution < -0.4 is 5.32 Å². The Bertz CT molecular complexity index is 654. The molecule has 1 aromatic heterocycles. The number of hydrogen-bond acceptors (Lipinski definition) is 3. The molecule has 0 saturated carbocycles. The van der Waals surface area contributed by atoms with E-state index in [4.69, 9.17) is 4.74 Å². The fourth-order valence-corrected chi connectivity index (χ4v) is 3.11. The van der Waals surface area contributed by atoms with E-state index >= 15 is 0 Å². The maximum absolute atomic E-state index is 12.4. The van der Waals surface area contributed by atoms with Gasteiger partial charge in [0.15, 0.2) is 0 Å². The summed E-state index contributed by atoms with van der Waals surface area (Å²) in [5.74, 6) is 0.426. The lowest BCUT2D eigenvalue weighted by Gasteiger charge is -2.32. The number of nitrogens with one attached hydrogen (secondary N) is 1. The minimum atomic E-state index is -0.0601. The molecular formula is C18H24N4O2. The molecule has 1 aliphatic heterocycles. The number of hydrogen-bond donors (Lipinski definition) is 1. The monoisotopic (exact) mass is 328 g/mol. The van der Waals surface area contributed by atoms with Crippen LogP contribution in [-0.2, 0) is 11.3 Å². The summed E-state index contributed by atoms with van der Waals surface area (Å²) < 4.78 is 7.04. The second kappa shape index (κ2) is 7.97. The Morgan fingerprint density at radius 3 is 3.00 bits per heavy atom. The number of methoxy groups -OCH3 is 1. The lowest BCUT2D eigenvalue weighted by Crippen LogP contribution is -2.43. The van der Waals surface area contributed by atoms with E-state index in [1.807, 2.05) is 34.0 Å². The molecule has 1 N–H and O–H groups in total. The van der Waals surface area contributed by atoms with Gasteiger partial charge in [-0.2, -0.15) is 5.10 Å². The van der Waals surface area contributed by atoms with Crippen LogP contribution in [0.4, 0.5) is 10.5 Å². The molecule has 6 nitrogen and oxygen atoms in total. The molecular weight excluding hydrogens is 304 g/mol. The van der Waals surface area contributed by atoms with Crippen LogP contribution in [0.2, 0.25) is 0 Å². The molecule has 1 fully saturated rings. The van der Waals surface area contributed by atoms with E-state index in [1.54, 1.807) is 13.3 Å². The molecule has 1 saturated heterocycles. The Balaban J connectivity index is 1.55. The predicted molar refractivity (Wildman–Crippen MR) is 93.0 cm³/mol. The standard InChI is InChI=1S/C18H24N4O2/c1-24-14-16-8-5-9-21(11-16)18(23)20-17-10-19-22(13-17)12-15-6-3-2-4-7-15/h2-4,6-7,10,13,16H,5,8-9,11-12,14H2,1H3,(H,20,23). The van der Waals surface area contributed by atoms with Crippen LogP contribution >= 0.6 is 0 Å². The van der Waals surface area contributed by atoms with Gasteiger partial charge in [0.25, 0.3) is 0 Å². The molecule has 0 radical (unpaired) electrons. The summed E-state index contributed by atoms with van der Waals surface area (Å²) in [6, 6.07) is 10.1. The number of benzene rings is 1. The number of carbonyl (C=O) groups is 1. The van der Waals surface area contributed by atoms with Crippen LogP contribution in [0.1, 0.15) is 18.4 Å². The van der Waals surface area contributed by atoms with Crippen LogP contribution in [0.15, 0.2) is 42.7 Å². The number of nitrogens with zero attached hydrogens (tertiary/aromatic N) is 3. The van der Waals surface area contributed by atoms with Crippen molar-refractivity contribution in [1.82, 2.24) is 14.7 Å². The highest BCUT2D eigenvalue weighted by Gasteiger charge is 2.23. The first-order valence-corrected chi connectivity index (χ1v) is 8.36. The number of ether oxygens (including phenoxy) is 1. The van der Waals surface area contributed by atoms with Crippen molar-refractivity contribution in [3.05, 3.63) is 48.3 Å². The van der Waals surface area contributed by atoms with E-state index in [0.717, 1.165) is 31.6 Å². The van der Waals surface area contributed by atoms with E-state index in [-0.39, 0.29) is 6.03 Å². The maximum Gasteiger partial charge on any atom is 0.321 e. The molecule has 128 valence electrons. The van der Waals surface area contributed by atoms with Gasteiger partial charge in [-0.1, -0.05) is 30.3 Å². The molecule has 1 aliphatic rings. The number of anilines is 1. The van der Waals surface area contributed by atoms with Gasteiger partial charge in [0, 0.05) is 32.3 Å². The molecule has 2 heterocycles. The lowest BCUT2D eigenvalue weighted by molar-refractivity contribution is 0.104. The summed E-state index contributed by atoms with van der Waals surface area (Å²) in [4.78, 5) is 14.3. The topological polar surface area (TPSA) is 59.4 Å². The van der Waals surface area contributed by atoms with Crippen molar-refractivity contribution in [3.8, 4) is 0 Å². The summed E-state index contributed by atoms with van der Waals surface area (Å²) in [6.07, 6.45) is 5.69. The minimum absolute atomic E-state index is 0.0601. The van der Waals surface area contributed by atoms with Crippen molar-refractivity contribution in [2.24, 2.45) is 5.92 Å². The maximum atomic E-state index is 12.4. The molecule has 0 spiro atoms. The molecule has 1 aromatic carbocycles. The van der Waals surface area contributed by atoms with Crippen molar-refractivity contribution in [2.75, 3.05) is 32.1 Å². The van der Waals surface area contributed by atoms with Gasteiger partial charge in [0.2, 0.25) is 0 Å². The van der Waals surface area contributed by atoms with Crippen molar-refractivity contribution in [2.45, 2.75) is 19.4 Å². The number of amides is 2. The minimum Gasteiger partial charge on any atom is -0.384 e. The predicted octanol–water partition coefficient (Wildman–Crippen LogP) is 2.82. The van der Waals surface area contributed by atoms with E-state index in [9.17, 15) is 4.79 Å². The van der Waals surface area contributed by atoms with Gasteiger partial charge < -0.3 is 15.0 Å². The van der Waals surface area contributed by atoms with Crippen LogP contribution in [0.5, 0.6) is 0 Å². The highest BCUT2D eigenvalue weighted by Crippen LogP contribution is 2.18. The quantitative estimate of drug-likeness (QED) is 0.918. The highest BCUT2D eigenvalue weighted by molar-refractivity contribution is 5.89. The van der Waals surface area contributed by atoms with Gasteiger partial charge in [-0.15, -0.1) is 0 Å². The number of likely N-dealkylation sites (tertiary alicyclic amines) is 1. The van der Waals surface area contributed by atoms with Crippen LogP contribution in [0.3, 0.4) is 0 Å². The van der Waals surface area contributed by atoms with E-state index in [0.29, 0.717) is 19.1 Å². The Hall–Kier alpha value is -2.34. The zero-order valence-electron chi connectivity index (χ0n) is 14.0. The zero-order valence-corrected chi connectivity index (χ0v) is 14.0. The van der Waals surface area contributed by atoms with E-state index in [1.165, 1.54) is 5.56 Å². The summed E-state index contributed by atoms with van der Waals surface area (Å²) in [7, 11) is 1.71. The fourth-order valence-electron chi connectivity index (χ4n) is 3.11. The number of piperidine rings is 1. The van der Waals surface area contributed by atoms with Crippen molar-refractivity contribution < 1.29 is 9.53 Å². The van der Waals surface area contributed by atoms with Crippen molar-refractivity contribution in [3.63, 3.8) is 0 Å². The molecule has 3 rings (SSSR count). The van der Waals surface area contributed by atoms with Gasteiger partial charge in [0.05, 0.1) is 25.0 Å². The highest BCUT2D eigenvalue weighted by atomic mass is 16.5. The summed E-state index contributed by atoms with van der Waals surface area (Å²) >= 11 is 0. The molecule has 2 amide bonds. The number of rotatable bonds is 5. The average Bonchev–Trinajstić information content (AvgIpc) is 3.03. The fraction of sp³-hybridized carbons (Fsp3) is 0.444. The Labute approximate surface area is 142 Å². The van der Waals surface area contributed by atoms with Crippen molar-refractivity contribution >= 4 is 11.7 Å². The third-order valence-electron chi connectivity index (χ3n) is 4.28. The van der Waals surface area contributed by atoms with Crippen LogP contribution in [0, 0.1) is 5.92 Å². The molecule has 1 unspecified atom stereocenters. The van der Waals surface area contributed by atoms with E-state index < -0.39 is 0 Å². The molecule has 0 bridgehead atoms. The number of carbonyl (C=O) groups excluding carboxylic acids is 1. The molecule has 0 aliphatic carbocycles. The lowest BCUT2D eigenvalue weighted by atomic mass is 9.99. The van der Waals surface area contributed by atoms with Crippen LogP contribution in [0.25, 0.3) is 0 Å². The third kappa shape index (κ3) is 4.35. The Morgan fingerprint density at radius 1 is 1.38 bits per heavy atom. The molecule has 6 heteroatoms. The average molecular weight is 328 g/mol. The van der Waals surface area contributed by atoms with Gasteiger partial charge >= 0.3 is 6.03 Å². The first-order valence-electron chi connectivity index (χ1n) is 8.36. The summed E-state index contributed by atoms with van der Waals surface area (Å²) in [6.45, 7) is 2.94. The normalized spacial score (nSPS) is 17.7. The smallest absolute Gasteiger partial charge is 0.321 e. The Kier molecular flexibility index (Phi) is 5.48.